The molecule has 2 heteroatoms. The Labute approximate surface area is 92.8 Å². The van der Waals surface area contributed by atoms with Gasteiger partial charge in [-0.1, -0.05) is 26.0 Å². The Hall–Kier alpha value is -0.340. The van der Waals surface area contributed by atoms with Crippen molar-refractivity contribution in [3.63, 3.8) is 0 Å². The van der Waals surface area contributed by atoms with E-state index in [9.17, 15) is 0 Å². The molecule has 0 heterocycles. The molecular weight excluding hydrogens is 186 g/mol. The van der Waals surface area contributed by atoms with E-state index in [2.05, 4.69) is 31.3 Å². The molecule has 1 saturated carbocycles. The summed E-state index contributed by atoms with van der Waals surface area (Å²) in [4.78, 5) is 0. The average molecular weight is 209 g/mol. The van der Waals surface area contributed by atoms with Crippen molar-refractivity contribution in [1.29, 1.82) is 0 Å². The van der Waals surface area contributed by atoms with Crippen molar-refractivity contribution in [1.82, 2.24) is 5.32 Å². The number of aliphatic hydroxyl groups excluding tert-OH is 1. The fourth-order valence-corrected chi connectivity index (χ4v) is 2.61. The molecule has 0 aliphatic heterocycles. The van der Waals surface area contributed by atoms with Crippen LogP contribution in [0.15, 0.2) is 12.2 Å². The lowest BCUT2D eigenvalue weighted by atomic mass is 9.98. The number of aliphatic hydroxyl groups is 1. The summed E-state index contributed by atoms with van der Waals surface area (Å²) in [6.07, 6.45) is 8.26. The highest BCUT2D eigenvalue weighted by atomic mass is 16.3. The standard InChI is InChI=1S/C13H23NO/c1-9(2)13(11-4-5-11)14-12-6-3-10(7-12)8-15/h3,6,9-15H,4-5,7-8H2,1-2H3/t10-,12+,13?/m0/s1. The van der Waals surface area contributed by atoms with Crippen molar-refractivity contribution in [3.8, 4) is 0 Å². The highest BCUT2D eigenvalue weighted by Crippen LogP contribution is 2.36. The molecule has 2 nitrogen and oxygen atoms in total. The predicted octanol–water partition coefficient (Wildman–Crippen LogP) is 1.95. The van der Waals surface area contributed by atoms with Gasteiger partial charge in [0.05, 0.1) is 0 Å². The van der Waals surface area contributed by atoms with E-state index in [4.69, 9.17) is 5.11 Å². The Morgan fingerprint density at radius 3 is 2.53 bits per heavy atom. The van der Waals surface area contributed by atoms with E-state index >= 15 is 0 Å². The second-order valence-electron chi connectivity index (χ2n) is 5.44. The molecule has 2 aliphatic carbocycles. The SMILES string of the molecule is CC(C)C(N[C@@H]1C=C[C@H](CO)C1)C1CC1. The fourth-order valence-electron chi connectivity index (χ4n) is 2.61. The molecule has 86 valence electrons. The molecule has 2 rings (SSSR count). The Morgan fingerprint density at radius 2 is 2.07 bits per heavy atom. The summed E-state index contributed by atoms with van der Waals surface area (Å²) in [6, 6.07) is 1.17. The van der Waals surface area contributed by atoms with Crippen LogP contribution >= 0.6 is 0 Å². The third-order valence-electron chi connectivity index (χ3n) is 3.66. The van der Waals surface area contributed by atoms with E-state index < -0.39 is 0 Å². The molecule has 3 atom stereocenters. The smallest absolute Gasteiger partial charge is 0.0494 e. The lowest BCUT2D eigenvalue weighted by Gasteiger charge is -2.26. The van der Waals surface area contributed by atoms with Gasteiger partial charge in [-0.05, 0) is 31.1 Å². The first kappa shape index (κ1) is 11.2. The van der Waals surface area contributed by atoms with Crippen LogP contribution in [0.3, 0.4) is 0 Å². The summed E-state index contributed by atoms with van der Waals surface area (Å²) in [7, 11) is 0. The Balaban J connectivity index is 1.82. The van der Waals surface area contributed by atoms with Crippen molar-refractivity contribution < 1.29 is 5.11 Å². The zero-order valence-electron chi connectivity index (χ0n) is 9.82. The summed E-state index contributed by atoms with van der Waals surface area (Å²) in [5, 5.41) is 12.8. The molecule has 1 unspecified atom stereocenters. The monoisotopic (exact) mass is 209 g/mol. The molecule has 0 saturated heterocycles. The number of hydrogen-bond acceptors (Lipinski definition) is 2. The molecule has 0 aromatic heterocycles. The molecule has 0 radical (unpaired) electrons. The maximum absolute atomic E-state index is 9.07. The van der Waals surface area contributed by atoms with Gasteiger partial charge in [0.25, 0.3) is 0 Å². The van der Waals surface area contributed by atoms with Crippen LogP contribution in [0, 0.1) is 17.8 Å². The predicted molar refractivity (Wildman–Crippen MR) is 62.6 cm³/mol. The Bertz CT molecular complexity index is 231. The van der Waals surface area contributed by atoms with Gasteiger partial charge in [0.1, 0.15) is 0 Å². The first-order chi connectivity index (χ1) is 7.20. The van der Waals surface area contributed by atoms with Gasteiger partial charge >= 0.3 is 0 Å². The van der Waals surface area contributed by atoms with Gasteiger partial charge in [-0.15, -0.1) is 0 Å². The number of nitrogens with one attached hydrogen (secondary N) is 1. The minimum Gasteiger partial charge on any atom is -0.396 e. The summed E-state index contributed by atoms with van der Waals surface area (Å²) in [6.45, 7) is 4.90. The van der Waals surface area contributed by atoms with E-state index in [1.54, 1.807) is 0 Å². The molecule has 0 spiro atoms. The molecule has 0 bridgehead atoms. The second kappa shape index (κ2) is 4.67. The zero-order valence-corrected chi connectivity index (χ0v) is 9.82. The summed E-state index contributed by atoms with van der Waals surface area (Å²) in [5.41, 5.74) is 0. The normalized spacial score (nSPS) is 32.5. The van der Waals surface area contributed by atoms with E-state index in [0.717, 1.165) is 18.3 Å². The van der Waals surface area contributed by atoms with Crippen LogP contribution in [0.4, 0.5) is 0 Å². The van der Waals surface area contributed by atoms with E-state index in [0.29, 0.717) is 24.6 Å². The Morgan fingerprint density at radius 1 is 1.33 bits per heavy atom. The van der Waals surface area contributed by atoms with Crippen molar-refractivity contribution in [2.75, 3.05) is 6.61 Å². The largest absolute Gasteiger partial charge is 0.396 e. The highest BCUT2D eigenvalue weighted by molar-refractivity contribution is 5.07. The average Bonchev–Trinajstić information content (AvgIpc) is 2.94. The third kappa shape index (κ3) is 2.82. The quantitative estimate of drug-likeness (QED) is 0.678. The minimum absolute atomic E-state index is 0.296. The van der Waals surface area contributed by atoms with Gasteiger partial charge in [-0.2, -0.15) is 0 Å². The Kier molecular flexibility index (Phi) is 3.47. The van der Waals surface area contributed by atoms with Crippen LogP contribution in [-0.4, -0.2) is 23.8 Å². The molecule has 2 aliphatic rings. The lowest BCUT2D eigenvalue weighted by Crippen LogP contribution is -2.41. The first-order valence-corrected chi connectivity index (χ1v) is 6.26. The molecule has 15 heavy (non-hydrogen) atoms. The fraction of sp³-hybridized carbons (Fsp3) is 0.846. The van der Waals surface area contributed by atoms with Crippen LogP contribution < -0.4 is 5.32 Å². The van der Waals surface area contributed by atoms with Crippen molar-refractivity contribution in [3.05, 3.63) is 12.2 Å². The van der Waals surface area contributed by atoms with Gasteiger partial charge < -0.3 is 10.4 Å². The molecule has 0 amide bonds. The maximum atomic E-state index is 9.07. The van der Waals surface area contributed by atoms with E-state index in [1.165, 1.54) is 12.8 Å². The van der Waals surface area contributed by atoms with Crippen molar-refractivity contribution in [2.45, 2.75) is 45.2 Å². The van der Waals surface area contributed by atoms with Crippen LogP contribution in [0.25, 0.3) is 0 Å². The molecule has 0 aromatic rings. The highest BCUT2D eigenvalue weighted by Gasteiger charge is 2.34. The molecule has 1 fully saturated rings. The molecular formula is C13H23NO. The number of rotatable bonds is 5. The minimum atomic E-state index is 0.296. The lowest BCUT2D eigenvalue weighted by molar-refractivity contribution is 0.240. The van der Waals surface area contributed by atoms with Crippen LogP contribution in [0.5, 0.6) is 0 Å². The molecule has 2 N–H and O–H groups in total. The van der Waals surface area contributed by atoms with Gasteiger partial charge in [0.15, 0.2) is 0 Å². The van der Waals surface area contributed by atoms with Gasteiger partial charge in [-0.3, -0.25) is 0 Å². The third-order valence-corrected chi connectivity index (χ3v) is 3.66. The van der Waals surface area contributed by atoms with Crippen LogP contribution in [0.2, 0.25) is 0 Å². The van der Waals surface area contributed by atoms with Gasteiger partial charge in [-0.25, -0.2) is 0 Å². The van der Waals surface area contributed by atoms with E-state index in [-0.39, 0.29) is 0 Å². The van der Waals surface area contributed by atoms with Crippen molar-refractivity contribution >= 4 is 0 Å². The summed E-state index contributed by atoms with van der Waals surface area (Å²) in [5.74, 6) is 2.01. The van der Waals surface area contributed by atoms with Crippen molar-refractivity contribution in [2.24, 2.45) is 17.8 Å². The van der Waals surface area contributed by atoms with Crippen LogP contribution in [-0.2, 0) is 0 Å². The number of hydrogen-bond donors (Lipinski definition) is 2. The van der Waals surface area contributed by atoms with Gasteiger partial charge in [0.2, 0.25) is 0 Å². The topological polar surface area (TPSA) is 32.3 Å². The second-order valence-corrected chi connectivity index (χ2v) is 5.44. The van der Waals surface area contributed by atoms with Crippen LogP contribution in [0.1, 0.15) is 33.1 Å². The van der Waals surface area contributed by atoms with E-state index in [1.807, 2.05) is 0 Å². The zero-order chi connectivity index (χ0) is 10.8. The van der Waals surface area contributed by atoms with Gasteiger partial charge in [0, 0.05) is 24.6 Å². The first-order valence-electron chi connectivity index (χ1n) is 6.26. The maximum Gasteiger partial charge on any atom is 0.0494 e. The summed E-state index contributed by atoms with van der Waals surface area (Å²) >= 11 is 0. The summed E-state index contributed by atoms with van der Waals surface area (Å²) < 4.78 is 0. The molecule has 0 aromatic carbocycles.